The highest BCUT2D eigenvalue weighted by Gasteiger charge is 2.32. The summed E-state index contributed by atoms with van der Waals surface area (Å²) < 4.78 is 17.2. The molecule has 0 saturated carbocycles. The molecule has 4 aromatic rings. The number of aromatic nitrogens is 2. The number of aryl methyl sites for hydroxylation is 2. The van der Waals surface area contributed by atoms with Crippen molar-refractivity contribution in [3.8, 4) is 34.7 Å². The van der Waals surface area contributed by atoms with E-state index < -0.39 is 5.79 Å². The highest BCUT2D eigenvalue weighted by molar-refractivity contribution is 7.98. The molecule has 1 aliphatic heterocycles. The number of hydrogen-bond acceptors (Lipinski definition) is 9. The number of thioether (sulfide) groups is 1. The summed E-state index contributed by atoms with van der Waals surface area (Å²) in [6, 6.07) is 17.8. The summed E-state index contributed by atoms with van der Waals surface area (Å²) in [5, 5.41) is 21.1. The average molecular weight is 586 g/mol. The van der Waals surface area contributed by atoms with Crippen LogP contribution in [0.25, 0.3) is 22.6 Å². The van der Waals surface area contributed by atoms with Crippen LogP contribution in [0.15, 0.2) is 58.2 Å². The van der Waals surface area contributed by atoms with Gasteiger partial charge in [0.15, 0.2) is 5.79 Å². The van der Waals surface area contributed by atoms with Crippen LogP contribution in [0, 0.1) is 29.6 Å². The molecule has 41 heavy (non-hydrogen) atoms. The number of ether oxygens (including phenoxy) is 2. The monoisotopic (exact) mass is 585 g/mol. The lowest BCUT2D eigenvalue weighted by Crippen LogP contribution is -2.21. The Hall–Kier alpha value is -3.86. The number of nitrogens with zero attached hydrogens (tertiary/aromatic N) is 4. The Morgan fingerprint density at radius 1 is 1.07 bits per heavy atom. The van der Waals surface area contributed by atoms with Crippen LogP contribution in [-0.4, -0.2) is 28.5 Å². The van der Waals surface area contributed by atoms with E-state index in [1.807, 2.05) is 57.2 Å². The van der Waals surface area contributed by atoms with Crippen LogP contribution >= 0.6 is 23.4 Å². The van der Waals surface area contributed by atoms with Gasteiger partial charge in [0, 0.05) is 21.9 Å². The Balaban J connectivity index is 1.35. The summed E-state index contributed by atoms with van der Waals surface area (Å²) in [7, 11) is 0. The van der Waals surface area contributed by atoms with Crippen LogP contribution in [0.3, 0.4) is 0 Å². The van der Waals surface area contributed by atoms with Crippen molar-refractivity contribution in [3.05, 3.63) is 81.7 Å². The molecule has 0 bridgehead atoms. The maximum atomic E-state index is 10.1. The van der Waals surface area contributed by atoms with Crippen LogP contribution in [0.5, 0.6) is 0 Å². The quantitative estimate of drug-likeness (QED) is 0.216. The molecule has 0 aliphatic carbocycles. The molecule has 2 N–H and O–H groups in total. The molecule has 2 aromatic carbocycles. The third kappa shape index (κ3) is 6.40. The lowest BCUT2D eigenvalue weighted by Gasteiger charge is -2.17. The zero-order valence-corrected chi connectivity index (χ0v) is 24.5. The van der Waals surface area contributed by atoms with Crippen molar-refractivity contribution in [2.24, 2.45) is 0 Å². The molecule has 208 valence electrons. The number of nitrogen functional groups attached to an aromatic ring is 1. The van der Waals surface area contributed by atoms with Gasteiger partial charge in [0.1, 0.15) is 34.8 Å². The second kappa shape index (κ2) is 11.9. The molecule has 5 rings (SSSR count). The summed E-state index contributed by atoms with van der Waals surface area (Å²) in [5.74, 6) is 0.403. The molecule has 1 fully saturated rings. The van der Waals surface area contributed by atoms with Crippen molar-refractivity contribution in [1.82, 2.24) is 9.97 Å². The van der Waals surface area contributed by atoms with Gasteiger partial charge in [-0.05, 0) is 68.5 Å². The lowest BCUT2D eigenvalue weighted by atomic mass is 9.95. The van der Waals surface area contributed by atoms with Gasteiger partial charge in [0.05, 0.1) is 24.0 Å². The fraction of sp³-hybridized carbons (Fsp3) is 0.290. The highest BCUT2D eigenvalue weighted by Crippen LogP contribution is 2.37. The number of pyridine rings is 1. The number of nitriles is 2. The normalized spacial score (nSPS) is 15.9. The fourth-order valence-corrected chi connectivity index (χ4v) is 5.68. The number of halogens is 1. The van der Waals surface area contributed by atoms with Crippen LogP contribution in [0.1, 0.15) is 48.2 Å². The van der Waals surface area contributed by atoms with Crippen LogP contribution in [-0.2, 0) is 21.6 Å². The number of nitrogens with two attached hydrogens (primary N) is 1. The van der Waals surface area contributed by atoms with Crippen molar-refractivity contribution in [2.75, 3.05) is 12.3 Å². The molecule has 1 saturated heterocycles. The Morgan fingerprint density at radius 3 is 2.46 bits per heavy atom. The first-order valence-electron chi connectivity index (χ1n) is 13.1. The summed E-state index contributed by atoms with van der Waals surface area (Å²) in [6.45, 7) is 6.33. The molecular weight excluding hydrogens is 558 g/mol. The lowest BCUT2D eigenvalue weighted by molar-refractivity contribution is -0.138. The van der Waals surface area contributed by atoms with Crippen LogP contribution < -0.4 is 5.73 Å². The van der Waals surface area contributed by atoms with Gasteiger partial charge in [-0.3, -0.25) is 0 Å². The number of benzene rings is 2. The molecule has 0 spiro atoms. The smallest absolute Gasteiger partial charge is 0.226 e. The molecule has 1 aliphatic rings. The van der Waals surface area contributed by atoms with Gasteiger partial charge in [0.2, 0.25) is 5.89 Å². The van der Waals surface area contributed by atoms with E-state index >= 15 is 0 Å². The first-order chi connectivity index (χ1) is 19.7. The molecule has 2 aromatic heterocycles. The summed E-state index contributed by atoms with van der Waals surface area (Å²) >= 11 is 7.45. The zero-order valence-electron chi connectivity index (χ0n) is 22.9. The van der Waals surface area contributed by atoms with Gasteiger partial charge in [-0.1, -0.05) is 47.6 Å². The fourth-order valence-electron chi connectivity index (χ4n) is 4.69. The molecule has 0 amide bonds. The molecule has 10 heteroatoms. The van der Waals surface area contributed by atoms with Crippen molar-refractivity contribution >= 4 is 29.2 Å². The maximum Gasteiger partial charge on any atom is 0.226 e. The predicted molar refractivity (Wildman–Crippen MR) is 158 cm³/mol. The first-order valence-corrected chi connectivity index (χ1v) is 14.4. The Bertz CT molecular complexity index is 1670. The highest BCUT2D eigenvalue weighted by atomic mass is 35.5. The average Bonchev–Trinajstić information content (AvgIpc) is 3.58. The zero-order chi connectivity index (χ0) is 29.1. The van der Waals surface area contributed by atoms with E-state index in [0.717, 1.165) is 35.1 Å². The van der Waals surface area contributed by atoms with Gasteiger partial charge < -0.3 is 19.6 Å². The maximum absolute atomic E-state index is 10.1. The Labute approximate surface area is 248 Å². The van der Waals surface area contributed by atoms with E-state index in [-0.39, 0.29) is 17.5 Å². The SMILES string of the molecule is Cc1cc(-c2nc(CSc3nc(N)c(C#N)c(-c4ccc(CC[C@@H]5COC(C)(C)O5)cc4)c3C#N)co2)ccc1Cl. The second-order valence-electron chi connectivity index (χ2n) is 10.2. The number of anilines is 1. The number of rotatable bonds is 8. The van der Waals surface area contributed by atoms with Gasteiger partial charge in [-0.25, -0.2) is 9.97 Å². The van der Waals surface area contributed by atoms with Crippen LogP contribution in [0.4, 0.5) is 5.82 Å². The van der Waals surface area contributed by atoms with Gasteiger partial charge in [-0.2, -0.15) is 10.5 Å². The minimum Gasteiger partial charge on any atom is -0.444 e. The molecule has 0 unspecified atom stereocenters. The standard InChI is InChI=1S/C31H28ClN5O3S/c1-18-12-21(9-11-26(18)32)29-36-22(15-38-29)17-41-30-25(14-34)27(24(13-33)28(35)37-30)20-7-4-19(5-8-20)6-10-23-16-39-31(2,3)40-23/h4-5,7-9,11-12,15,23H,6,10,16-17H2,1-3H3,(H2,35,37)/t23-/m1/s1. The van der Waals surface area contributed by atoms with Gasteiger partial charge in [0.25, 0.3) is 0 Å². The predicted octanol–water partition coefficient (Wildman–Crippen LogP) is 7.07. The van der Waals surface area contributed by atoms with E-state index in [1.165, 1.54) is 11.8 Å². The number of oxazole rings is 1. The van der Waals surface area contributed by atoms with E-state index in [1.54, 1.807) is 12.3 Å². The molecular formula is C31H28ClN5O3S. The molecule has 8 nitrogen and oxygen atoms in total. The van der Waals surface area contributed by atoms with Gasteiger partial charge >= 0.3 is 0 Å². The van der Waals surface area contributed by atoms with Crippen LogP contribution in [0.2, 0.25) is 5.02 Å². The minimum atomic E-state index is -0.543. The Kier molecular flexibility index (Phi) is 8.35. The van der Waals surface area contributed by atoms with Crippen molar-refractivity contribution in [1.29, 1.82) is 10.5 Å². The molecule has 3 heterocycles. The number of hydrogen-bond donors (Lipinski definition) is 1. The third-order valence-electron chi connectivity index (χ3n) is 6.79. The summed E-state index contributed by atoms with van der Waals surface area (Å²) in [6.07, 6.45) is 3.28. The minimum absolute atomic E-state index is 0.0516. The largest absolute Gasteiger partial charge is 0.444 e. The Morgan fingerprint density at radius 2 is 1.80 bits per heavy atom. The second-order valence-corrected chi connectivity index (χ2v) is 11.6. The van der Waals surface area contributed by atoms with E-state index in [2.05, 4.69) is 22.1 Å². The molecule has 0 radical (unpaired) electrons. The molecule has 1 atom stereocenters. The van der Waals surface area contributed by atoms with Crippen molar-refractivity contribution in [2.45, 2.75) is 56.3 Å². The van der Waals surface area contributed by atoms with E-state index in [0.29, 0.717) is 45.1 Å². The van der Waals surface area contributed by atoms with Crippen molar-refractivity contribution < 1.29 is 13.9 Å². The summed E-state index contributed by atoms with van der Waals surface area (Å²) in [5.41, 5.74) is 11.4. The van der Waals surface area contributed by atoms with E-state index in [9.17, 15) is 10.5 Å². The summed E-state index contributed by atoms with van der Waals surface area (Å²) in [4.78, 5) is 8.98. The third-order valence-corrected chi connectivity index (χ3v) is 8.23. The first kappa shape index (κ1) is 28.7. The van der Waals surface area contributed by atoms with Gasteiger partial charge in [-0.15, -0.1) is 0 Å². The van der Waals surface area contributed by atoms with Crippen molar-refractivity contribution in [3.63, 3.8) is 0 Å². The topological polar surface area (TPSA) is 131 Å². The van der Waals surface area contributed by atoms with E-state index in [4.69, 9.17) is 31.2 Å².